The molecule has 8 heteroatoms. The van der Waals surface area contributed by atoms with Gasteiger partial charge in [-0.15, -0.1) is 11.3 Å². The van der Waals surface area contributed by atoms with Crippen molar-refractivity contribution in [1.82, 2.24) is 9.97 Å². The molecule has 3 aromatic rings. The molecular weight excluding hydrogens is 344 g/mol. The van der Waals surface area contributed by atoms with Crippen LogP contribution in [-0.2, 0) is 12.8 Å². The van der Waals surface area contributed by atoms with E-state index in [1.165, 1.54) is 47.2 Å². The van der Waals surface area contributed by atoms with Gasteiger partial charge in [-0.1, -0.05) is 0 Å². The molecule has 0 amide bonds. The second kappa shape index (κ2) is 6.03. The van der Waals surface area contributed by atoms with Crippen LogP contribution in [0.4, 0.5) is 11.5 Å². The van der Waals surface area contributed by atoms with Crippen LogP contribution in [0, 0.1) is 10.1 Å². The molecule has 122 valence electrons. The van der Waals surface area contributed by atoms with Gasteiger partial charge in [0.2, 0.25) is 0 Å². The van der Waals surface area contributed by atoms with Gasteiger partial charge in [-0.2, -0.15) is 0 Å². The summed E-state index contributed by atoms with van der Waals surface area (Å²) in [5, 5.41) is 12.3. The highest BCUT2D eigenvalue weighted by molar-refractivity contribution is 7.99. The smallest absolute Gasteiger partial charge is 0.269 e. The second-order valence-corrected chi connectivity index (χ2v) is 7.76. The van der Waals surface area contributed by atoms with Crippen LogP contribution in [0.2, 0.25) is 0 Å². The third-order valence-electron chi connectivity index (χ3n) is 4.08. The summed E-state index contributed by atoms with van der Waals surface area (Å²) in [6, 6.07) is 6.36. The van der Waals surface area contributed by atoms with Gasteiger partial charge in [-0.25, -0.2) is 9.97 Å². The van der Waals surface area contributed by atoms with Gasteiger partial charge in [-0.3, -0.25) is 10.1 Å². The number of nitro benzene ring substituents is 1. The zero-order valence-corrected chi connectivity index (χ0v) is 14.3. The van der Waals surface area contributed by atoms with Gasteiger partial charge in [0.1, 0.15) is 10.6 Å². The maximum atomic E-state index is 10.7. The lowest BCUT2D eigenvalue weighted by Crippen LogP contribution is -2.01. The van der Waals surface area contributed by atoms with E-state index in [9.17, 15) is 10.1 Å². The van der Waals surface area contributed by atoms with Crippen LogP contribution in [0.25, 0.3) is 10.2 Å². The molecule has 0 atom stereocenters. The van der Waals surface area contributed by atoms with Gasteiger partial charge in [0, 0.05) is 21.9 Å². The number of anilines is 1. The summed E-state index contributed by atoms with van der Waals surface area (Å²) in [6.07, 6.45) is 4.56. The van der Waals surface area contributed by atoms with E-state index in [-0.39, 0.29) is 5.69 Å². The first-order valence-electron chi connectivity index (χ1n) is 7.62. The first-order chi connectivity index (χ1) is 11.6. The first kappa shape index (κ1) is 15.3. The van der Waals surface area contributed by atoms with Crippen molar-refractivity contribution in [1.29, 1.82) is 0 Å². The van der Waals surface area contributed by atoms with E-state index >= 15 is 0 Å². The fourth-order valence-corrected chi connectivity index (χ4v) is 5.04. The van der Waals surface area contributed by atoms with Crippen molar-refractivity contribution >= 4 is 44.8 Å². The highest BCUT2D eigenvalue weighted by atomic mass is 32.2. The van der Waals surface area contributed by atoms with E-state index in [0.717, 1.165) is 28.0 Å². The summed E-state index contributed by atoms with van der Waals surface area (Å²) in [5.74, 6) is 0.531. The number of nitrogens with two attached hydrogens (primary N) is 1. The van der Waals surface area contributed by atoms with Crippen molar-refractivity contribution in [2.75, 3.05) is 5.73 Å². The van der Waals surface area contributed by atoms with E-state index in [0.29, 0.717) is 11.0 Å². The number of nitro groups is 1. The first-order valence-corrected chi connectivity index (χ1v) is 9.25. The minimum absolute atomic E-state index is 0.0705. The maximum absolute atomic E-state index is 10.7. The molecule has 0 bridgehead atoms. The Morgan fingerprint density at radius 1 is 1.17 bits per heavy atom. The van der Waals surface area contributed by atoms with Crippen LogP contribution in [0.3, 0.4) is 0 Å². The predicted octanol–water partition coefficient (Wildman–Crippen LogP) is 4.21. The lowest BCUT2D eigenvalue weighted by atomic mass is 9.97. The molecule has 1 aromatic carbocycles. The fourth-order valence-electron chi connectivity index (χ4n) is 2.95. The van der Waals surface area contributed by atoms with Gasteiger partial charge in [0.25, 0.3) is 5.69 Å². The number of benzene rings is 1. The molecule has 4 rings (SSSR count). The van der Waals surface area contributed by atoms with E-state index in [2.05, 4.69) is 9.97 Å². The van der Waals surface area contributed by atoms with Gasteiger partial charge in [-0.05, 0) is 55.1 Å². The Kier molecular flexibility index (Phi) is 3.85. The van der Waals surface area contributed by atoms with Gasteiger partial charge in [0.15, 0.2) is 5.16 Å². The molecule has 0 fully saturated rings. The van der Waals surface area contributed by atoms with Crippen molar-refractivity contribution in [3.8, 4) is 0 Å². The Hall–Kier alpha value is -2.19. The zero-order valence-electron chi connectivity index (χ0n) is 12.7. The minimum Gasteiger partial charge on any atom is -0.383 e. The number of hydrogen-bond donors (Lipinski definition) is 1. The maximum Gasteiger partial charge on any atom is 0.269 e. The topological polar surface area (TPSA) is 94.9 Å². The predicted molar refractivity (Wildman–Crippen MR) is 95.7 cm³/mol. The molecule has 0 aliphatic heterocycles. The molecule has 1 aliphatic rings. The van der Waals surface area contributed by atoms with Gasteiger partial charge < -0.3 is 5.73 Å². The van der Waals surface area contributed by atoms with Crippen molar-refractivity contribution in [3.05, 3.63) is 44.8 Å². The second-order valence-electron chi connectivity index (χ2n) is 5.64. The molecular formula is C16H14N4O2S2. The Balaban J connectivity index is 1.68. The van der Waals surface area contributed by atoms with E-state index in [1.54, 1.807) is 23.5 Å². The summed E-state index contributed by atoms with van der Waals surface area (Å²) in [6.45, 7) is 0. The van der Waals surface area contributed by atoms with Crippen LogP contribution >= 0.6 is 23.1 Å². The number of thiophene rings is 1. The third-order valence-corrected chi connectivity index (χ3v) is 6.14. The molecule has 0 saturated carbocycles. The van der Waals surface area contributed by atoms with E-state index < -0.39 is 4.92 Å². The molecule has 0 radical (unpaired) electrons. The Morgan fingerprint density at radius 2 is 1.92 bits per heavy atom. The van der Waals surface area contributed by atoms with Crippen molar-refractivity contribution < 1.29 is 4.92 Å². The molecule has 0 saturated heterocycles. The van der Waals surface area contributed by atoms with Crippen LogP contribution in [-0.4, -0.2) is 14.9 Å². The van der Waals surface area contributed by atoms with Gasteiger partial charge in [0.05, 0.1) is 10.3 Å². The lowest BCUT2D eigenvalue weighted by Gasteiger charge is -2.10. The molecule has 2 N–H and O–H groups in total. The number of non-ortho nitro benzene ring substituents is 1. The summed E-state index contributed by atoms with van der Waals surface area (Å²) in [4.78, 5) is 22.6. The number of hydrogen-bond acceptors (Lipinski definition) is 7. The highest BCUT2D eigenvalue weighted by Crippen LogP contribution is 2.39. The molecule has 2 aromatic heterocycles. The Bertz CT molecular complexity index is 937. The Labute approximate surface area is 146 Å². The summed E-state index contributed by atoms with van der Waals surface area (Å²) >= 11 is 3.08. The minimum atomic E-state index is -0.412. The molecule has 2 heterocycles. The number of aromatic nitrogens is 2. The normalized spacial score (nSPS) is 13.8. The van der Waals surface area contributed by atoms with E-state index in [1.807, 2.05) is 0 Å². The lowest BCUT2D eigenvalue weighted by molar-refractivity contribution is -0.384. The average molecular weight is 358 g/mol. The number of nitrogen functional groups attached to an aromatic ring is 1. The van der Waals surface area contributed by atoms with Gasteiger partial charge >= 0.3 is 0 Å². The van der Waals surface area contributed by atoms with E-state index in [4.69, 9.17) is 5.73 Å². The number of nitrogens with zero attached hydrogens (tertiary/aromatic N) is 3. The fraction of sp³-hybridized carbons (Fsp3) is 0.250. The number of rotatable bonds is 3. The standard InChI is InChI=1S/C16H14N4O2S2/c17-14-13-11-3-1-2-4-12(11)24-15(13)19-16(18-14)23-10-7-5-9(6-8-10)20(21)22/h5-8H,1-4H2,(H2,17,18,19). The summed E-state index contributed by atoms with van der Waals surface area (Å²) in [7, 11) is 0. The number of fused-ring (bicyclic) bond motifs is 3. The molecule has 6 nitrogen and oxygen atoms in total. The monoisotopic (exact) mass is 358 g/mol. The van der Waals surface area contributed by atoms with Crippen LogP contribution in [0.15, 0.2) is 34.3 Å². The van der Waals surface area contributed by atoms with Crippen LogP contribution in [0.1, 0.15) is 23.3 Å². The molecule has 0 unspecified atom stereocenters. The van der Waals surface area contributed by atoms with Crippen LogP contribution < -0.4 is 5.73 Å². The SMILES string of the molecule is Nc1nc(Sc2ccc([N+](=O)[O-])cc2)nc2sc3c(c12)CCCC3. The molecule has 1 aliphatic carbocycles. The average Bonchev–Trinajstić information content (AvgIpc) is 2.94. The summed E-state index contributed by atoms with van der Waals surface area (Å²) in [5.41, 5.74) is 7.59. The van der Waals surface area contributed by atoms with Crippen molar-refractivity contribution in [2.24, 2.45) is 0 Å². The molecule has 0 spiro atoms. The van der Waals surface area contributed by atoms with Crippen molar-refractivity contribution in [2.45, 2.75) is 35.7 Å². The van der Waals surface area contributed by atoms with Crippen LogP contribution in [0.5, 0.6) is 0 Å². The highest BCUT2D eigenvalue weighted by Gasteiger charge is 2.20. The Morgan fingerprint density at radius 3 is 2.67 bits per heavy atom. The summed E-state index contributed by atoms with van der Waals surface area (Å²) < 4.78 is 0. The quantitative estimate of drug-likeness (QED) is 0.428. The zero-order chi connectivity index (χ0) is 16.7. The number of aryl methyl sites for hydroxylation is 2. The van der Waals surface area contributed by atoms with Crippen molar-refractivity contribution in [3.63, 3.8) is 0 Å². The largest absolute Gasteiger partial charge is 0.383 e. The molecule has 24 heavy (non-hydrogen) atoms. The third kappa shape index (κ3) is 2.71.